The Labute approximate surface area is 179 Å². The molecule has 4 rings (SSSR count). The lowest BCUT2D eigenvalue weighted by Gasteiger charge is -2.26. The second kappa shape index (κ2) is 9.57. The molecule has 2 heterocycles. The third-order valence-electron chi connectivity index (χ3n) is 5.20. The molecule has 1 aliphatic heterocycles. The highest BCUT2D eigenvalue weighted by molar-refractivity contribution is 7.98. The predicted octanol–water partition coefficient (Wildman–Crippen LogP) is 4.83. The highest BCUT2D eigenvalue weighted by atomic mass is 32.2. The summed E-state index contributed by atoms with van der Waals surface area (Å²) in [5, 5.41) is 9.51. The van der Waals surface area contributed by atoms with E-state index in [1.165, 1.54) is 55.3 Å². The van der Waals surface area contributed by atoms with Crippen LogP contribution in [-0.2, 0) is 12.3 Å². The standard InChI is InChI=1S/C22H24F2N4OS/c1-29-20-10-7-18(24)13-16(20)15-30-22-26-25-21(14-27-11-3-2-4-12-27)28(22)19-8-5-17(23)6-9-19/h5-10,13H,2-4,11-12,14-15H2,1H3. The highest BCUT2D eigenvalue weighted by Crippen LogP contribution is 2.30. The number of likely N-dealkylation sites (tertiary alicyclic amines) is 1. The molecule has 0 radical (unpaired) electrons. The molecule has 0 spiro atoms. The molecular formula is C22H24F2N4OS. The molecular weight excluding hydrogens is 406 g/mol. The molecule has 158 valence electrons. The van der Waals surface area contributed by atoms with Gasteiger partial charge >= 0.3 is 0 Å². The number of aromatic nitrogens is 3. The molecule has 0 atom stereocenters. The van der Waals surface area contributed by atoms with Gasteiger partial charge in [-0.1, -0.05) is 18.2 Å². The molecule has 30 heavy (non-hydrogen) atoms. The van der Waals surface area contributed by atoms with E-state index in [9.17, 15) is 8.78 Å². The number of nitrogens with zero attached hydrogens (tertiary/aromatic N) is 4. The van der Waals surface area contributed by atoms with Crippen molar-refractivity contribution in [3.63, 3.8) is 0 Å². The minimum absolute atomic E-state index is 0.289. The van der Waals surface area contributed by atoms with E-state index in [0.717, 1.165) is 30.2 Å². The lowest BCUT2D eigenvalue weighted by Crippen LogP contribution is -2.30. The maximum absolute atomic E-state index is 13.7. The zero-order chi connectivity index (χ0) is 20.9. The van der Waals surface area contributed by atoms with Crippen molar-refractivity contribution in [1.82, 2.24) is 19.7 Å². The lowest BCUT2D eigenvalue weighted by molar-refractivity contribution is 0.214. The van der Waals surface area contributed by atoms with Crippen molar-refractivity contribution < 1.29 is 13.5 Å². The molecule has 0 amide bonds. The van der Waals surface area contributed by atoms with Crippen molar-refractivity contribution in [2.45, 2.75) is 36.7 Å². The fraction of sp³-hybridized carbons (Fsp3) is 0.364. The number of ether oxygens (including phenoxy) is 1. The summed E-state index contributed by atoms with van der Waals surface area (Å²) in [4.78, 5) is 2.37. The summed E-state index contributed by atoms with van der Waals surface area (Å²) in [6, 6.07) is 10.8. The van der Waals surface area contributed by atoms with Crippen LogP contribution in [0.25, 0.3) is 5.69 Å². The third kappa shape index (κ3) is 4.82. The average Bonchev–Trinajstić information content (AvgIpc) is 3.16. The monoisotopic (exact) mass is 430 g/mol. The number of rotatable bonds is 7. The Kier molecular flexibility index (Phi) is 6.64. The van der Waals surface area contributed by atoms with E-state index < -0.39 is 0 Å². The van der Waals surface area contributed by atoms with Gasteiger partial charge in [-0.25, -0.2) is 8.78 Å². The Hall–Kier alpha value is -2.45. The quantitative estimate of drug-likeness (QED) is 0.502. The van der Waals surface area contributed by atoms with Crippen LogP contribution in [0, 0.1) is 11.6 Å². The van der Waals surface area contributed by atoms with E-state index in [4.69, 9.17) is 4.74 Å². The summed E-state index contributed by atoms with van der Waals surface area (Å²) in [7, 11) is 1.57. The van der Waals surface area contributed by atoms with Crippen molar-refractivity contribution >= 4 is 11.8 Å². The number of piperidine rings is 1. The van der Waals surface area contributed by atoms with Gasteiger partial charge < -0.3 is 4.74 Å². The van der Waals surface area contributed by atoms with Crippen LogP contribution in [0.4, 0.5) is 8.78 Å². The molecule has 0 aliphatic carbocycles. The van der Waals surface area contributed by atoms with Crippen LogP contribution < -0.4 is 4.74 Å². The van der Waals surface area contributed by atoms with Gasteiger partial charge in [0, 0.05) is 17.0 Å². The maximum atomic E-state index is 13.7. The van der Waals surface area contributed by atoms with Gasteiger partial charge in [-0.15, -0.1) is 10.2 Å². The zero-order valence-corrected chi connectivity index (χ0v) is 17.7. The van der Waals surface area contributed by atoms with Crippen molar-refractivity contribution in [2.75, 3.05) is 20.2 Å². The van der Waals surface area contributed by atoms with Gasteiger partial charge in [-0.3, -0.25) is 9.47 Å². The van der Waals surface area contributed by atoms with Gasteiger partial charge in [0.15, 0.2) is 11.0 Å². The van der Waals surface area contributed by atoms with Crippen LogP contribution in [0.1, 0.15) is 30.7 Å². The van der Waals surface area contributed by atoms with E-state index in [1.54, 1.807) is 25.3 Å². The summed E-state index contributed by atoms with van der Waals surface area (Å²) in [5.41, 5.74) is 1.55. The number of halogens is 2. The van der Waals surface area contributed by atoms with Crippen molar-refractivity contribution in [3.8, 4) is 11.4 Å². The minimum atomic E-state index is -0.308. The Bertz CT molecular complexity index is 987. The van der Waals surface area contributed by atoms with Crippen LogP contribution in [0.15, 0.2) is 47.6 Å². The average molecular weight is 431 g/mol. The molecule has 0 N–H and O–H groups in total. The SMILES string of the molecule is COc1ccc(F)cc1CSc1nnc(CN2CCCCC2)n1-c1ccc(F)cc1. The van der Waals surface area contributed by atoms with Gasteiger partial charge in [0.25, 0.3) is 0 Å². The number of methoxy groups -OCH3 is 1. The molecule has 3 aromatic rings. The summed E-state index contributed by atoms with van der Waals surface area (Å²) in [6.07, 6.45) is 3.63. The number of thioether (sulfide) groups is 1. The number of benzene rings is 2. The minimum Gasteiger partial charge on any atom is -0.496 e. The van der Waals surface area contributed by atoms with Gasteiger partial charge in [-0.05, 0) is 68.4 Å². The van der Waals surface area contributed by atoms with Crippen molar-refractivity contribution in [2.24, 2.45) is 0 Å². The molecule has 2 aromatic carbocycles. The second-order valence-corrected chi connectivity index (χ2v) is 8.23. The molecule has 0 saturated carbocycles. The zero-order valence-electron chi connectivity index (χ0n) is 16.9. The molecule has 1 fully saturated rings. The Balaban J connectivity index is 1.62. The van der Waals surface area contributed by atoms with Gasteiger partial charge in [-0.2, -0.15) is 0 Å². The summed E-state index contributed by atoms with van der Waals surface area (Å²) in [6.45, 7) is 2.77. The maximum Gasteiger partial charge on any atom is 0.196 e. The van der Waals surface area contributed by atoms with E-state index in [1.807, 2.05) is 4.57 Å². The fourth-order valence-electron chi connectivity index (χ4n) is 3.67. The van der Waals surface area contributed by atoms with Gasteiger partial charge in [0.2, 0.25) is 0 Å². The molecule has 0 unspecified atom stereocenters. The van der Waals surface area contributed by atoms with Crippen LogP contribution >= 0.6 is 11.8 Å². The molecule has 5 nitrogen and oxygen atoms in total. The molecule has 8 heteroatoms. The van der Waals surface area contributed by atoms with Crippen LogP contribution in [0.2, 0.25) is 0 Å². The smallest absolute Gasteiger partial charge is 0.196 e. The molecule has 1 aromatic heterocycles. The molecule has 1 saturated heterocycles. The topological polar surface area (TPSA) is 43.2 Å². The third-order valence-corrected chi connectivity index (χ3v) is 6.18. The summed E-state index contributed by atoms with van der Waals surface area (Å²) in [5.74, 6) is 1.33. The first-order valence-electron chi connectivity index (χ1n) is 10.0. The van der Waals surface area contributed by atoms with Gasteiger partial charge in [0.05, 0.1) is 13.7 Å². The first-order chi connectivity index (χ1) is 14.6. The molecule has 1 aliphatic rings. The first-order valence-corrected chi connectivity index (χ1v) is 11.0. The van der Waals surface area contributed by atoms with E-state index in [0.29, 0.717) is 23.2 Å². The summed E-state index contributed by atoms with van der Waals surface area (Å²) >= 11 is 1.45. The largest absolute Gasteiger partial charge is 0.496 e. The van der Waals surface area contributed by atoms with Crippen molar-refractivity contribution in [3.05, 3.63) is 65.5 Å². The lowest BCUT2D eigenvalue weighted by atomic mass is 10.1. The van der Waals surface area contributed by atoms with Crippen LogP contribution in [-0.4, -0.2) is 39.9 Å². The number of hydrogen-bond donors (Lipinski definition) is 0. The van der Waals surface area contributed by atoms with E-state index >= 15 is 0 Å². The Morgan fingerprint density at radius 2 is 1.70 bits per heavy atom. The van der Waals surface area contributed by atoms with Crippen LogP contribution in [0.5, 0.6) is 5.75 Å². The Morgan fingerprint density at radius 3 is 2.43 bits per heavy atom. The normalized spacial score (nSPS) is 14.8. The van der Waals surface area contributed by atoms with Gasteiger partial charge in [0.1, 0.15) is 17.4 Å². The molecule has 0 bridgehead atoms. The number of hydrogen-bond acceptors (Lipinski definition) is 5. The first kappa shape index (κ1) is 20.8. The summed E-state index contributed by atoms with van der Waals surface area (Å²) < 4.78 is 34.5. The second-order valence-electron chi connectivity index (χ2n) is 7.29. The highest BCUT2D eigenvalue weighted by Gasteiger charge is 2.19. The van der Waals surface area contributed by atoms with E-state index in [-0.39, 0.29) is 11.6 Å². The fourth-order valence-corrected chi connectivity index (χ4v) is 4.61. The Morgan fingerprint density at radius 1 is 0.967 bits per heavy atom. The predicted molar refractivity (Wildman–Crippen MR) is 113 cm³/mol. The van der Waals surface area contributed by atoms with E-state index in [2.05, 4.69) is 15.1 Å². The van der Waals surface area contributed by atoms with Crippen LogP contribution in [0.3, 0.4) is 0 Å². The van der Waals surface area contributed by atoms with Crippen molar-refractivity contribution in [1.29, 1.82) is 0 Å².